The van der Waals surface area contributed by atoms with Crippen LogP contribution < -0.4 is 0 Å². The van der Waals surface area contributed by atoms with E-state index in [1.807, 2.05) is 0 Å². The number of aromatic nitrogens is 3. The summed E-state index contributed by atoms with van der Waals surface area (Å²) in [5.74, 6) is -1.18. The molecule has 4 nitrogen and oxygen atoms in total. The van der Waals surface area contributed by atoms with Crippen molar-refractivity contribution in [2.75, 3.05) is 6.61 Å². The van der Waals surface area contributed by atoms with E-state index in [0.717, 1.165) is 6.07 Å². The van der Waals surface area contributed by atoms with Crippen LogP contribution in [0.1, 0.15) is 12.0 Å². The Morgan fingerprint density at radius 1 is 1.39 bits per heavy atom. The third kappa shape index (κ3) is 1.78. The molecule has 0 N–H and O–H groups in total. The molecule has 0 radical (unpaired) electrons. The van der Waals surface area contributed by atoms with Crippen molar-refractivity contribution < 1.29 is 13.5 Å². The number of hydrogen-bond acceptors (Lipinski definition) is 3. The van der Waals surface area contributed by atoms with Crippen LogP contribution in [-0.4, -0.2) is 21.4 Å². The van der Waals surface area contributed by atoms with Crippen LogP contribution in [0.5, 0.6) is 0 Å². The standard InChI is InChI=1S/C12H11F2N3O/c13-9-1-2-10(11(14)5-9)12(3-4-18-12)6-17-8-15-7-16-17/h1-2,5,7-8H,3-4,6H2. The van der Waals surface area contributed by atoms with E-state index in [2.05, 4.69) is 10.1 Å². The second-order valence-corrected chi connectivity index (χ2v) is 4.31. The summed E-state index contributed by atoms with van der Waals surface area (Å²) in [7, 11) is 0. The van der Waals surface area contributed by atoms with Crippen LogP contribution in [0.4, 0.5) is 8.78 Å². The van der Waals surface area contributed by atoms with Crippen LogP contribution in [0.2, 0.25) is 0 Å². The van der Waals surface area contributed by atoms with Gasteiger partial charge >= 0.3 is 0 Å². The average Bonchev–Trinajstić information content (AvgIpc) is 2.77. The Hall–Kier alpha value is -1.82. The molecule has 3 rings (SSSR count). The summed E-state index contributed by atoms with van der Waals surface area (Å²) < 4.78 is 33.9. The van der Waals surface area contributed by atoms with Crippen LogP contribution in [-0.2, 0) is 16.9 Å². The molecule has 94 valence electrons. The topological polar surface area (TPSA) is 39.9 Å². The molecule has 0 amide bonds. The Bertz CT molecular complexity index is 552. The van der Waals surface area contributed by atoms with Gasteiger partial charge in [0.05, 0.1) is 13.2 Å². The number of hydrogen-bond donors (Lipinski definition) is 0. The summed E-state index contributed by atoms with van der Waals surface area (Å²) in [6.07, 6.45) is 3.63. The van der Waals surface area contributed by atoms with Crippen molar-refractivity contribution in [2.45, 2.75) is 18.6 Å². The van der Waals surface area contributed by atoms with Crippen molar-refractivity contribution in [3.8, 4) is 0 Å². The first-order valence-electron chi connectivity index (χ1n) is 5.61. The van der Waals surface area contributed by atoms with Crippen LogP contribution in [0.15, 0.2) is 30.9 Å². The summed E-state index contributed by atoms with van der Waals surface area (Å²) in [4.78, 5) is 3.84. The van der Waals surface area contributed by atoms with Gasteiger partial charge in [-0.1, -0.05) is 6.07 Å². The van der Waals surface area contributed by atoms with Crippen molar-refractivity contribution in [1.82, 2.24) is 14.8 Å². The molecule has 1 aliphatic rings. The van der Waals surface area contributed by atoms with Gasteiger partial charge in [-0.3, -0.25) is 0 Å². The van der Waals surface area contributed by atoms with Crippen LogP contribution in [0.25, 0.3) is 0 Å². The monoisotopic (exact) mass is 251 g/mol. The zero-order chi connectivity index (χ0) is 12.6. The SMILES string of the molecule is Fc1ccc(C2(Cn3cncn3)CCO2)c(F)c1. The highest BCUT2D eigenvalue weighted by atomic mass is 19.1. The summed E-state index contributed by atoms with van der Waals surface area (Å²) in [5, 5.41) is 3.98. The van der Waals surface area contributed by atoms with E-state index >= 15 is 0 Å². The maximum Gasteiger partial charge on any atom is 0.137 e. The molecule has 1 fully saturated rings. The fourth-order valence-electron chi connectivity index (χ4n) is 2.21. The molecule has 0 spiro atoms. The molecule has 18 heavy (non-hydrogen) atoms. The Balaban J connectivity index is 1.95. The van der Waals surface area contributed by atoms with Crippen molar-refractivity contribution in [2.24, 2.45) is 0 Å². The third-order valence-corrected chi connectivity index (χ3v) is 3.19. The van der Waals surface area contributed by atoms with Gasteiger partial charge in [-0.25, -0.2) is 18.4 Å². The average molecular weight is 251 g/mol. The Kier molecular flexibility index (Phi) is 2.59. The van der Waals surface area contributed by atoms with E-state index in [4.69, 9.17) is 4.74 Å². The van der Waals surface area contributed by atoms with E-state index in [0.29, 0.717) is 25.1 Å². The minimum Gasteiger partial charge on any atom is -0.368 e. The maximum absolute atomic E-state index is 13.8. The van der Waals surface area contributed by atoms with E-state index in [1.54, 1.807) is 11.0 Å². The molecule has 1 aliphatic heterocycles. The summed E-state index contributed by atoms with van der Waals surface area (Å²) >= 11 is 0. The zero-order valence-electron chi connectivity index (χ0n) is 9.51. The Morgan fingerprint density at radius 3 is 2.78 bits per heavy atom. The largest absolute Gasteiger partial charge is 0.368 e. The quantitative estimate of drug-likeness (QED) is 0.836. The molecule has 0 aliphatic carbocycles. The van der Waals surface area contributed by atoms with Crippen molar-refractivity contribution in [1.29, 1.82) is 0 Å². The Morgan fingerprint density at radius 2 is 2.22 bits per heavy atom. The maximum atomic E-state index is 13.8. The van der Waals surface area contributed by atoms with Crippen LogP contribution in [0, 0.1) is 11.6 Å². The van der Waals surface area contributed by atoms with Crippen molar-refractivity contribution in [3.05, 3.63) is 48.1 Å². The Labute approximate surface area is 102 Å². The highest BCUT2D eigenvalue weighted by Crippen LogP contribution is 2.40. The minimum absolute atomic E-state index is 0.366. The molecule has 0 saturated carbocycles. The molecule has 2 aromatic rings. The second kappa shape index (κ2) is 4.13. The van der Waals surface area contributed by atoms with Gasteiger partial charge in [0.15, 0.2) is 0 Å². The summed E-state index contributed by atoms with van der Waals surface area (Å²) in [6, 6.07) is 3.55. The zero-order valence-corrected chi connectivity index (χ0v) is 9.51. The summed E-state index contributed by atoms with van der Waals surface area (Å²) in [6.45, 7) is 0.932. The van der Waals surface area contributed by atoms with Gasteiger partial charge in [-0.15, -0.1) is 0 Å². The van der Waals surface area contributed by atoms with Gasteiger partial charge in [-0.2, -0.15) is 5.10 Å². The molecule has 1 unspecified atom stereocenters. The fraction of sp³-hybridized carbons (Fsp3) is 0.333. The lowest BCUT2D eigenvalue weighted by Crippen LogP contribution is -2.45. The molecule has 0 bridgehead atoms. The first-order valence-corrected chi connectivity index (χ1v) is 5.61. The first kappa shape index (κ1) is 11.3. The number of nitrogens with zero attached hydrogens (tertiary/aromatic N) is 3. The lowest BCUT2D eigenvalue weighted by molar-refractivity contribution is -0.166. The first-order chi connectivity index (χ1) is 8.70. The minimum atomic E-state index is -0.758. The van der Waals surface area contributed by atoms with Gasteiger partial charge in [0.1, 0.15) is 29.9 Å². The lowest BCUT2D eigenvalue weighted by Gasteiger charge is -2.42. The van der Waals surface area contributed by atoms with Gasteiger partial charge in [0, 0.05) is 18.1 Å². The third-order valence-electron chi connectivity index (χ3n) is 3.19. The summed E-state index contributed by atoms with van der Waals surface area (Å²) in [5.41, 5.74) is -0.392. The lowest BCUT2D eigenvalue weighted by atomic mass is 9.86. The van der Waals surface area contributed by atoms with Crippen LogP contribution >= 0.6 is 0 Å². The highest BCUT2D eigenvalue weighted by molar-refractivity contribution is 5.27. The second-order valence-electron chi connectivity index (χ2n) is 4.31. The molecule has 6 heteroatoms. The van der Waals surface area contributed by atoms with E-state index in [9.17, 15) is 8.78 Å². The van der Waals surface area contributed by atoms with Gasteiger partial charge in [-0.05, 0) is 6.07 Å². The van der Waals surface area contributed by atoms with Crippen molar-refractivity contribution in [3.63, 3.8) is 0 Å². The highest BCUT2D eigenvalue weighted by Gasteiger charge is 2.43. The van der Waals surface area contributed by atoms with Gasteiger partial charge < -0.3 is 4.74 Å². The van der Waals surface area contributed by atoms with E-state index < -0.39 is 17.2 Å². The molecular weight excluding hydrogens is 240 g/mol. The van der Waals surface area contributed by atoms with Gasteiger partial charge in [0.25, 0.3) is 0 Å². The predicted molar refractivity (Wildman–Crippen MR) is 58.6 cm³/mol. The van der Waals surface area contributed by atoms with E-state index in [-0.39, 0.29) is 0 Å². The van der Waals surface area contributed by atoms with Crippen LogP contribution in [0.3, 0.4) is 0 Å². The molecule has 2 heterocycles. The van der Waals surface area contributed by atoms with Gasteiger partial charge in [0.2, 0.25) is 0 Å². The number of rotatable bonds is 3. The molecule has 1 aromatic heterocycles. The van der Waals surface area contributed by atoms with E-state index in [1.165, 1.54) is 18.5 Å². The van der Waals surface area contributed by atoms with Crippen molar-refractivity contribution >= 4 is 0 Å². The number of halogens is 2. The smallest absolute Gasteiger partial charge is 0.137 e. The number of ether oxygens (including phenoxy) is 1. The molecule has 1 aromatic carbocycles. The normalized spacial score (nSPS) is 22.8. The molecule has 1 saturated heterocycles. The predicted octanol–water partition coefficient (Wildman–Crippen LogP) is 1.87. The molecular formula is C12H11F2N3O. The molecule has 1 atom stereocenters. The fourth-order valence-corrected chi connectivity index (χ4v) is 2.21. The number of benzene rings is 1.